The minimum atomic E-state index is -0.596. The molecule has 0 saturated heterocycles. The fourth-order valence-electron chi connectivity index (χ4n) is 2.63. The van der Waals surface area contributed by atoms with Gasteiger partial charge in [-0.2, -0.15) is 0 Å². The number of nitrogens with two attached hydrogens (primary N) is 1. The monoisotopic (exact) mass is 354 g/mol. The van der Waals surface area contributed by atoms with Crippen LogP contribution in [0.3, 0.4) is 0 Å². The number of halogens is 2. The van der Waals surface area contributed by atoms with Crippen molar-refractivity contribution in [1.29, 1.82) is 0 Å². The predicted molar refractivity (Wildman–Crippen MR) is 93.2 cm³/mol. The van der Waals surface area contributed by atoms with Crippen LogP contribution in [0.5, 0.6) is 0 Å². The highest BCUT2D eigenvalue weighted by Gasteiger charge is 2.20. The Balaban J connectivity index is 1.90. The average Bonchev–Trinajstić information content (AvgIpc) is 2.61. The predicted octanol–water partition coefficient (Wildman–Crippen LogP) is 3.05. The molecule has 0 radical (unpaired) electrons. The molecule has 1 amide bonds. The van der Waals surface area contributed by atoms with Gasteiger partial charge in [0.2, 0.25) is 0 Å². The molecule has 0 unspecified atom stereocenters. The van der Waals surface area contributed by atoms with Crippen molar-refractivity contribution < 1.29 is 13.6 Å². The first kappa shape index (κ1) is 17.5. The van der Waals surface area contributed by atoms with Gasteiger partial charge in [-0.3, -0.25) is 4.79 Å². The van der Waals surface area contributed by atoms with E-state index in [2.05, 4.69) is 15.3 Å². The molecule has 1 heterocycles. The molecule has 3 aromatic rings. The third-order valence-corrected chi connectivity index (χ3v) is 3.83. The molecule has 0 aliphatic carbocycles. The number of carbonyl (C=O) groups is 1. The Bertz CT molecular complexity index is 933. The molecule has 3 N–H and O–H groups in total. The Morgan fingerprint density at radius 2 is 1.73 bits per heavy atom. The molecule has 1 aromatic heterocycles. The van der Waals surface area contributed by atoms with E-state index in [0.29, 0.717) is 11.1 Å². The molecule has 0 fully saturated rings. The highest BCUT2D eigenvalue weighted by molar-refractivity contribution is 5.96. The van der Waals surface area contributed by atoms with Gasteiger partial charge in [0, 0.05) is 12.4 Å². The summed E-state index contributed by atoms with van der Waals surface area (Å²) in [5.41, 5.74) is 6.87. The lowest BCUT2D eigenvalue weighted by Crippen LogP contribution is -2.31. The molecule has 0 aliphatic heterocycles. The number of carbonyl (C=O) groups excluding carboxylic acids is 1. The Morgan fingerprint density at radius 3 is 2.42 bits per heavy atom. The summed E-state index contributed by atoms with van der Waals surface area (Å²) in [4.78, 5) is 20.3. The molecule has 132 valence electrons. The smallest absolute Gasteiger partial charge is 0.274 e. The number of aromatic nitrogens is 2. The quantitative estimate of drug-likeness (QED) is 0.738. The van der Waals surface area contributed by atoms with Gasteiger partial charge in [-0.25, -0.2) is 18.7 Å². The maximum absolute atomic E-state index is 13.6. The number of anilines is 1. The summed E-state index contributed by atoms with van der Waals surface area (Å²) >= 11 is 0. The Hall–Kier alpha value is -3.35. The van der Waals surface area contributed by atoms with E-state index in [1.807, 2.05) is 0 Å². The van der Waals surface area contributed by atoms with Crippen LogP contribution < -0.4 is 11.1 Å². The van der Waals surface area contributed by atoms with Crippen molar-refractivity contribution in [2.45, 2.75) is 12.5 Å². The van der Waals surface area contributed by atoms with E-state index in [0.717, 1.165) is 0 Å². The highest BCUT2D eigenvalue weighted by Crippen LogP contribution is 2.21. The van der Waals surface area contributed by atoms with Crippen molar-refractivity contribution in [2.24, 2.45) is 0 Å². The summed E-state index contributed by atoms with van der Waals surface area (Å²) in [5.74, 6) is -1.36. The molecule has 0 bridgehead atoms. The summed E-state index contributed by atoms with van der Waals surface area (Å²) in [6, 6.07) is 11.3. The minimum Gasteiger partial charge on any atom is -0.382 e. The number of hydrogen-bond donors (Lipinski definition) is 2. The first-order valence-corrected chi connectivity index (χ1v) is 7.90. The third kappa shape index (κ3) is 4.18. The lowest BCUT2D eigenvalue weighted by molar-refractivity contribution is 0.0932. The topological polar surface area (TPSA) is 80.9 Å². The third-order valence-electron chi connectivity index (χ3n) is 3.83. The zero-order valence-corrected chi connectivity index (χ0v) is 13.7. The zero-order chi connectivity index (χ0) is 18.5. The Morgan fingerprint density at radius 1 is 1.04 bits per heavy atom. The molecule has 0 saturated carbocycles. The van der Waals surface area contributed by atoms with E-state index in [1.54, 1.807) is 24.3 Å². The fraction of sp³-hybridized carbons (Fsp3) is 0.105. The normalized spacial score (nSPS) is 11.8. The number of nitrogen functional groups attached to an aromatic ring is 1. The van der Waals surface area contributed by atoms with E-state index in [4.69, 9.17) is 5.73 Å². The number of rotatable bonds is 5. The van der Waals surface area contributed by atoms with Crippen molar-refractivity contribution in [3.63, 3.8) is 0 Å². The number of nitrogens with one attached hydrogen (secondary N) is 1. The van der Waals surface area contributed by atoms with Crippen LogP contribution in [0.4, 0.5) is 14.6 Å². The van der Waals surface area contributed by atoms with Gasteiger partial charge in [-0.15, -0.1) is 0 Å². The first-order chi connectivity index (χ1) is 12.5. The van der Waals surface area contributed by atoms with Gasteiger partial charge < -0.3 is 11.1 Å². The molecule has 26 heavy (non-hydrogen) atoms. The molecule has 2 aromatic carbocycles. The molecular formula is C19H16F2N4O. The number of nitrogens with zero attached hydrogens (tertiary/aromatic N) is 2. The molecule has 5 nitrogen and oxygen atoms in total. The largest absolute Gasteiger partial charge is 0.382 e. The van der Waals surface area contributed by atoms with Gasteiger partial charge >= 0.3 is 0 Å². The molecular weight excluding hydrogens is 338 g/mol. The number of hydrogen-bond acceptors (Lipinski definition) is 4. The van der Waals surface area contributed by atoms with Crippen molar-refractivity contribution in [3.8, 4) is 0 Å². The van der Waals surface area contributed by atoms with E-state index in [9.17, 15) is 13.6 Å². The molecule has 0 aliphatic rings. The number of benzene rings is 2. The number of amides is 1. The Labute approximate surface area is 148 Å². The maximum Gasteiger partial charge on any atom is 0.274 e. The van der Waals surface area contributed by atoms with Gasteiger partial charge in [0.25, 0.3) is 5.91 Å². The zero-order valence-electron chi connectivity index (χ0n) is 13.7. The lowest BCUT2D eigenvalue weighted by atomic mass is 9.98. The summed E-state index contributed by atoms with van der Waals surface area (Å²) in [5, 5.41) is 2.78. The van der Waals surface area contributed by atoms with Crippen molar-refractivity contribution in [1.82, 2.24) is 15.3 Å². The van der Waals surface area contributed by atoms with Crippen molar-refractivity contribution >= 4 is 11.7 Å². The highest BCUT2D eigenvalue weighted by atomic mass is 19.1. The molecule has 7 heteroatoms. The summed E-state index contributed by atoms with van der Waals surface area (Å²) in [7, 11) is 0. The van der Waals surface area contributed by atoms with Gasteiger partial charge in [0.15, 0.2) is 11.5 Å². The van der Waals surface area contributed by atoms with Crippen LogP contribution in [0.2, 0.25) is 0 Å². The van der Waals surface area contributed by atoms with E-state index in [1.165, 1.54) is 36.7 Å². The van der Waals surface area contributed by atoms with Crippen LogP contribution in [0.25, 0.3) is 0 Å². The van der Waals surface area contributed by atoms with Crippen LogP contribution in [0, 0.1) is 11.6 Å². The van der Waals surface area contributed by atoms with Crippen LogP contribution in [-0.4, -0.2) is 15.9 Å². The van der Waals surface area contributed by atoms with E-state index < -0.39 is 17.8 Å². The summed E-state index contributed by atoms with van der Waals surface area (Å²) in [6.45, 7) is 0. The van der Waals surface area contributed by atoms with Crippen LogP contribution in [-0.2, 0) is 6.42 Å². The van der Waals surface area contributed by atoms with Crippen molar-refractivity contribution in [3.05, 3.63) is 89.4 Å². The second-order valence-electron chi connectivity index (χ2n) is 5.71. The fourth-order valence-corrected chi connectivity index (χ4v) is 2.63. The standard InChI is InChI=1S/C19H16F2N4O/c20-14-5-1-3-12(9-14)10-16(13-4-2-6-15(21)11-13)25-19(26)17-18(22)24-8-7-23-17/h1-9,11,16H,10H2,(H2,22,24)(H,25,26)/t16-/m0/s1. The summed E-state index contributed by atoms with van der Waals surface area (Å²) in [6.07, 6.45) is 3.01. The van der Waals surface area contributed by atoms with Crippen LogP contribution in [0.1, 0.15) is 27.7 Å². The van der Waals surface area contributed by atoms with Gasteiger partial charge in [-0.05, 0) is 41.8 Å². The van der Waals surface area contributed by atoms with Crippen molar-refractivity contribution in [2.75, 3.05) is 5.73 Å². The van der Waals surface area contributed by atoms with Crippen LogP contribution >= 0.6 is 0 Å². The minimum absolute atomic E-state index is 0.00579. The Kier molecular flexibility index (Phi) is 5.17. The second kappa shape index (κ2) is 7.69. The van der Waals surface area contributed by atoms with E-state index in [-0.39, 0.29) is 23.7 Å². The first-order valence-electron chi connectivity index (χ1n) is 7.90. The second-order valence-corrected chi connectivity index (χ2v) is 5.71. The summed E-state index contributed by atoms with van der Waals surface area (Å²) < 4.78 is 27.1. The molecule has 3 rings (SSSR count). The van der Waals surface area contributed by atoms with Crippen LogP contribution in [0.15, 0.2) is 60.9 Å². The lowest BCUT2D eigenvalue weighted by Gasteiger charge is -2.20. The molecule has 1 atom stereocenters. The van der Waals surface area contributed by atoms with Gasteiger partial charge in [-0.1, -0.05) is 24.3 Å². The SMILES string of the molecule is Nc1nccnc1C(=O)N[C@@H](Cc1cccc(F)c1)c1cccc(F)c1. The van der Waals surface area contributed by atoms with Gasteiger partial charge in [0.1, 0.15) is 11.6 Å². The van der Waals surface area contributed by atoms with E-state index >= 15 is 0 Å². The average molecular weight is 354 g/mol. The molecule has 0 spiro atoms. The van der Waals surface area contributed by atoms with Gasteiger partial charge in [0.05, 0.1) is 6.04 Å². The maximum atomic E-state index is 13.6.